The molecule has 10 heteroatoms. The molecule has 0 spiro atoms. The van der Waals surface area contributed by atoms with Crippen LogP contribution in [0.3, 0.4) is 0 Å². The van der Waals surface area contributed by atoms with Crippen LogP contribution in [0.15, 0.2) is 48.5 Å². The van der Waals surface area contributed by atoms with E-state index >= 15 is 13.2 Å². The average molecular weight is 483 g/mol. The number of alkyl halides is 2. The summed E-state index contributed by atoms with van der Waals surface area (Å²) in [5.74, 6) is -5.16. The van der Waals surface area contributed by atoms with Gasteiger partial charge in [-0.1, -0.05) is 48.5 Å². The normalized spacial score (nSPS) is 24.5. The van der Waals surface area contributed by atoms with Gasteiger partial charge in [-0.15, -0.1) is 0 Å². The van der Waals surface area contributed by atoms with Crippen LogP contribution in [0.1, 0.15) is 18.9 Å². The zero-order chi connectivity index (χ0) is 23.8. The Morgan fingerprint density at radius 2 is 1.88 bits per heavy atom. The summed E-state index contributed by atoms with van der Waals surface area (Å²) in [6.45, 7) is 0.719. The molecule has 2 saturated heterocycles. The van der Waals surface area contributed by atoms with Gasteiger partial charge in [0.15, 0.2) is 0 Å². The molecule has 1 N–H and O–H groups in total. The number of nitrogens with zero attached hydrogens (tertiary/aromatic N) is 1. The number of hydrogen-bond donors (Lipinski definition) is 1. The van der Waals surface area contributed by atoms with E-state index < -0.39 is 58.2 Å². The number of hydrogen-bond acceptors (Lipinski definition) is 4. The van der Waals surface area contributed by atoms with Gasteiger partial charge in [0.2, 0.25) is 10.0 Å². The molecule has 2 aromatic rings. The Morgan fingerprint density at radius 3 is 2.48 bits per heavy atom. The maximum absolute atomic E-state index is 15.4. The first-order valence-corrected chi connectivity index (χ1v) is 12.4. The van der Waals surface area contributed by atoms with Gasteiger partial charge >= 0.3 is 0 Å². The van der Waals surface area contributed by atoms with Gasteiger partial charge in [0.1, 0.15) is 18.0 Å². The SMILES string of the molecule is CCS(=O)(=O)N[C@@H]1[C@H](Cc2cccc(-c3ccccc3)c2F)N(C(=O)C2CCO2)CC1(F)F. The molecule has 0 radical (unpaired) electrons. The summed E-state index contributed by atoms with van der Waals surface area (Å²) < 4.78 is 77.1. The second kappa shape index (κ2) is 9.08. The summed E-state index contributed by atoms with van der Waals surface area (Å²) in [4.78, 5) is 13.8. The maximum Gasteiger partial charge on any atom is 0.283 e. The molecule has 2 aliphatic rings. The van der Waals surface area contributed by atoms with Crippen LogP contribution >= 0.6 is 0 Å². The fraction of sp³-hybridized carbons (Fsp3) is 0.435. The number of benzene rings is 2. The minimum absolute atomic E-state index is 0.118. The number of carbonyl (C=O) groups excluding carboxylic acids is 1. The van der Waals surface area contributed by atoms with E-state index in [0.717, 1.165) is 4.90 Å². The summed E-state index contributed by atoms with van der Waals surface area (Å²) in [5, 5.41) is 0. The van der Waals surface area contributed by atoms with E-state index in [4.69, 9.17) is 4.74 Å². The van der Waals surface area contributed by atoms with Gasteiger partial charge in [-0.05, 0) is 24.5 Å². The number of ether oxygens (including phenoxy) is 1. The first kappa shape index (κ1) is 23.7. The second-order valence-corrected chi connectivity index (χ2v) is 10.3. The zero-order valence-electron chi connectivity index (χ0n) is 18.0. The molecule has 0 aliphatic carbocycles. The van der Waals surface area contributed by atoms with Crippen LogP contribution in [-0.2, 0) is 26.0 Å². The Balaban J connectivity index is 1.71. The van der Waals surface area contributed by atoms with Crippen molar-refractivity contribution in [3.05, 3.63) is 59.9 Å². The largest absolute Gasteiger partial charge is 0.368 e. The Bertz CT molecular complexity index is 1120. The summed E-state index contributed by atoms with van der Waals surface area (Å²) in [7, 11) is -4.01. The molecule has 6 nitrogen and oxygen atoms in total. The summed E-state index contributed by atoms with van der Waals surface area (Å²) >= 11 is 0. The highest BCUT2D eigenvalue weighted by atomic mass is 32.2. The van der Waals surface area contributed by atoms with Crippen LogP contribution < -0.4 is 4.72 Å². The Labute approximate surface area is 190 Å². The van der Waals surface area contributed by atoms with Gasteiger partial charge in [0.05, 0.1) is 24.9 Å². The Morgan fingerprint density at radius 1 is 1.18 bits per heavy atom. The lowest BCUT2D eigenvalue weighted by Crippen LogP contribution is -2.54. The third kappa shape index (κ3) is 4.78. The molecule has 2 aliphatic heterocycles. The highest BCUT2D eigenvalue weighted by Crippen LogP contribution is 2.37. The van der Waals surface area contributed by atoms with E-state index in [0.29, 0.717) is 24.2 Å². The predicted molar refractivity (Wildman–Crippen MR) is 117 cm³/mol. The van der Waals surface area contributed by atoms with Crippen LogP contribution in [0.4, 0.5) is 13.2 Å². The highest BCUT2D eigenvalue weighted by molar-refractivity contribution is 7.89. The van der Waals surface area contributed by atoms with Crippen LogP contribution in [0, 0.1) is 5.82 Å². The van der Waals surface area contributed by atoms with Gasteiger partial charge in [0, 0.05) is 12.0 Å². The number of halogens is 3. The molecule has 1 amide bonds. The van der Waals surface area contributed by atoms with E-state index in [9.17, 15) is 13.2 Å². The molecule has 33 heavy (non-hydrogen) atoms. The third-order valence-electron chi connectivity index (χ3n) is 6.16. The number of carbonyl (C=O) groups is 1. The van der Waals surface area contributed by atoms with Crippen molar-refractivity contribution in [1.82, 2.24) is 9.62 Å². The number of rotatable bonds is 7. The summed E-state index contributed by atoms with van der Waals surface area (Å²) in [6, 6.07) is 10.3. The fourth-order valence-corrected chi connectivity index (χ4v) is 5.12. The van der Waals surface area contributed by atoms with Crippen molar-refractivity contribution in [2.45, 2.75) is 43.9 Å². The first-order chi connectivity index (χ1) is 15.6. The van der Waals surface area contributed by atoms with Crippen molar-refractivity contribution >= 4 is 15.9 Å². The van der Waals surface area contributed by atoms with Gasteiger partial charge in [-0.3, -0.25) is 4.79 Å². The van der Waals surface area contributed by atoms with Crippen molar-refractivity contribution in [2.24, 2.45) is 0 Å². The first-order valence-electron chi connectivity index (χ1n) is 10.8. The molecule has 0 saturated carbocycles. The van der Waals surface area contributed by atoms with Crippen molar-refractivity contribution in [2.75, 3.05) is 18.9 Å². The third-order valence-corrected chi connectivity index (χ3v) is 7.53. The molecule has 2 heterocycles. The molecular formula is C23H25F3N2O4S. The van der Waals surface area contributed by atoms with E-state index in [2.05, 4.69) is 4.72 Å². The Hall–Kier alpha value is -2.43. The lowest BCUT2D eigenvalue weighted by Gasteiger charge is -2.34. The number of likely N-dealkylation sites (tertiary alicyclic amines) is 1. The second-order valence-electron chi connectivity index (χ2n) is 8.29. The lowest BCUT2D eigenvalue weighted by atomic mass is 9.95. The Kier molecular flexibility index (Phi) is 6.52. The van der Waals surface area contributed by atoms with Gasteiger partial charge in [-0.2, -0.15) is 0 Å². The topological polar surface area (TPSA) is 75.7 Å². The van der Waals surface area contributed by atoms with Gasteiger partial charge in [-0.25, -0.2) is 26.3 Å². The molecule has 0 aromatic heterocycles. The van der Waals surface area contributed by atoms with E-state index in [1.807, 2.05) is 0 Å². The van der Waals surface area contributed by atoms with Crippen LogP contribution in [-0.4, -0.2) is 62.2 Å². The molecule has 1 unspecified atom stereocenters. The lowest BCUT2D eigenvalue weighted by molar-refractivity contribution is -0.158. The number of nitrogens with one attached hydrogen (secondary N) is 1. The van der Waals surface area contributed by atoms with Crippen molar-refractivity contribution in [1.29, 1.82) is 0 Å². The van der Waals surface area contributed by atoms with Crippen LogP contribution in [0.2, 0.25) is 0 Å². The van der Waals surface area contributed by atoms with Crippen LogP contribution in [0.5, 0.6) is 0 Å². The van der Waals surface area contributed by atoms with Crippen molar-refractivity contribution in [3.63, 3.8) is 0 Å². The van der Waals surface area contributed by atoms with Crippen molar-refractivity contribution in [3.8, 4) is 11.1 Å². The van der Waals surface area contributed by atoms with E-state index in [-0.39, 0.29) is 12.0 Å². The molecule has 0 bridgehead atoms. The average Bonchev–Trinajstić information content (AvgIpc) is 2.99. The molecule has 2 aromatic carbocycles. The van der Waals surface area contributed by atoms with E-state index in [1.54, 1.807) is 42.5 Å². The molecule has 2 fully saturated rings. The van der Waals surface area contributed by atoms with E-state index in [1.165, 1.54) is 13.0 Å². The zero-order valence-corrected chi connectivity index (χ0v) is 18.8. The van der Waals surface area contributed by atoms with Crippen molar-refractivity contribution < 1.29 is 31.1 Å². The molecule has 3 atom stereocenters. The van der Waals surface area contributed by atoms with Crippen LogP contribution in [0.25, 0.3) is 11.1 Å². The minimum atomic E-state index is -4.01. The standard InChI is InChI=1S/C23H25F3N2O4S/c1-2-33(30,31)27-21-18(28(14-23(21,25)26)22(29)19-11-12-32-19)13-16-9-6-10-17(20(16)24)15-7-4-3-5-8-15/h3-10,18-19,21,27H,2,11-14H2,1H3/t18-,19?,21+/m0/s1. The maximum atomic E-state index is 15.4. The summed E-state index contributed by atoms with van der Waals surface area (Å²) in [6.07, 6.45) is -0.723. The predicted octanol–water partition coefficient (Wildman–Crippen LogP) is 2.98. The molecule has 178 valence electrons. The number of amides is 1. The minimum Gasteiger partial charge on any atom is -0.368 e. The molecular weight excluding hydrogens is 457 g/mol. The summed E-state index contributed by atoms with van der Waals surface area (Å²) in [5.41, 5.74) is 1.03. The molecule has 4 rings (SSSR count). The number of sulfonamides is 1. The smallest absolute Gasteiger partial charge is 0.283 e. The van der Waals surface area contributed by atoms with Gasteiger partial charge in [0.25, 0.3) is 11.8 Å². The highest BCUT2D eigenvalue weighted by Gasteiger charge is 2.58. The monoisotopic (exact) mass is 482 g/mol. The van der Waals surface area contributed by atoms with Gasteiger partial charge < -0.3 is 9.64 Å². The fourth-order valence-electron chi connectivity index (χ4n) is 4.23. The quantitative estimate of drug-likeness (QED) is 0.659.